The zero-order valence-corrected chi connectivity index (χ0v) is 9.91. The first-order valence-electron chi connectivity index (χ1n) is 5.48. The van der Waals surface area contributed by atoms with E-state index in [1.807, 2.05) is 0 Å². The zero-order chi connectivity index (χ0) is 13.1. The van der Waals surface area contributed by atoms with Gasteiger partial charge in [-0.15, -0.1) is 0 Å². The van der Waals surface area contributed by atoms with Gasteiger partial charge in [-0.3, -0.25) is 0 Å². The number of halogens is 2. The average molecular weight is 249 g/mol. The van der Waals surface area contributed by atoms with E-state index in [2.05, 4.69) is 0 Å². The van der Waals surface area contributed by atoms with Crippen molar-refractivity contribution in [1.82, 2.24) is 0 Å². The molecule has 2 aromatic rings. The van der Waals surface area contributed by atoms with Crippen molar-refractivity contribution in [1.29, 1.82) is 0 Å². The first kappa shape index (κ1) is 12.5. The van der Waals surface area contributed by atoms with Crippen LogP contribution in [0, 0.1) is 11.6 Å². The fraction of sp³-hybridized carbons (Fsp3) is 0.143. The third-order valence-corrected chi connectivity index (χ3v) is 2.76. The van der Waals surface area contributed by atoms with Crippen LogP contribution in [0.5, 0.6) is 5.75 Å². The number of rotatable bonds is 3. The molecule has 0 radical (unpaired) electrons. The number of benzene rings is 2. The van der Waals surface area contributed by atoms with Gasteiger partial charge in [0, 0.05) is 18.2 Å². The van der Waals surface area contributed by atoms with Crippen LogP contribution in [-0.4, -0.2) is 7.11 Å². The molecule has 94 valence electrons. The Hall–Kier alpha value is -1.94. The predicted molar refractivity (Wildman–Crippen MR) is 66.2 cm³/mol. The SMILES string of the molecule is COc1ccc(-c2cc(F)ccc2CN)c(F)c1. The fourth-order valence-electron chi connectivity index (χ4n) is 1.82. The van der Waals surface area contributed by atoms with Gasteiger partial charge in [0.2, 0.25) is 0 Å². The maximum Gasteiger partial charge on any atom is 0.134 e. The van der Waals surface area contributed by atoms with Gasteiger partial charge in [0.25, 0.3) is 0 Å². The summed E-state index contributed by atoms with van der Waals surface area (Å²) in [5.41, 5.74) is 7.06. The molecule has 0 saturated heterocycles. The minimum atomic E-state index is -0.463. The summed E-state index contributed by atoms with van der Waals surface area (Å²) in [5.74, 6) is -0.464. The van der Waals surface area contributed by atoms with E-state index in [4.69, 9.17) is 10.5 Å². The van der Waals surface area contributed by atoms with E-state index in [0.717, 1.165) is 0 Å². The number of methoxy groups -OCH3 is 1. The van der Waals surface area contributed by atoms with Crippen LogP contribution in [0.1, 0.15) is 5.56 Å². The standard InChI is InChI=1S/C14H13F2NO/c1-18-11-4-5-12(14(16)7-11)13-6-10(15)3-2-9(13)8-17/h2-7H,8,17H2,1H3. The lowest BCUT2D eigenvalue weighted by Gasteiger charge is -2.10. The summed E-state index contributed by atoms with van der Waals surface area (Å²) >= 11 is 0. The first-order valence-corrected chi connectivity index (χ1v) is 5.48. The van der Waals surface area contributed by atoms with E-state index >= 15 is 0 Å². The van der Waals surface area contributed by atoms with Crippen molar-refractivity contribution < 1.29 is 13.5 Å². The molecule has 0 aliphatic carbocycles. The van der Waals surface area contributed by atoms with Gasteiger partial charge in [-0.2, -0.15) is 0 Å². The van der Waals surface area contributed by atoms with Crippen molar-refractivity contribution in [2.24, 2.45) is 5.73 Å². The third kappa shape index (κ3) is 2.33. The molecule has 0 fully saturated rings. The van der Waals surface area contributed by atoms with Crippen LogP contribution in [0.3, 0.4) is 0 Å². The molecule has 0 bridgehead atoms. The molecule has 2 rings (SSSR count). The molecule has 0 heterocycles. The van der Waals surface area contributed by atoms with Crippen LogP contribution in [0.4, 0.5) is 8.78 Å². The third-order valence-electron chi connectivity index (χ3n) is 2.76. The van der Waals surface area contributed by atoms with Crippen molar-refractivity contribution >= 4 is 0 Å². The van der Waals surface area contributed by atoms with Crippen molar-refractivity contribution in [3.8, 4) is 16.9 Å². The molecule has 0 amide bonds. The Kier molecular flexibility index (Phi) is 3.58. The molecule has 18 heavy (non-hydrogen) atoms. The monoisotopic (exact) mass is 249 g/mol. The van der Waals surface area contributed by atoms with E-state index in [1.54, 1.807) is 18.2 Å². The largest absolute Gasteiger partial charge is 0.497 e. The molecule has 0 aliphatic heterocycles. The fourth-order valence-corrected chi connectivity index (χ4v) is 1.82. The Balaban J connectivity index is 2.57. The molecular formula is C14H13F2NO. The van der Waals surface area contributed by atoms with E-state index in [1.165, 1.54) is 25.3 Å². The second-order valence-electron chi connectivity index (χ2n) is 3.85. The molecule has 0 saturated carbocycles. The predicted octanol–water partition coefficient (Wildman–Crippen LogP) is 3.10. The molecular weight excluding hydrogens is 236 g/mol. The average Bonchev–Trinajstić information content (AvgIpc) is 2.38. The summed E-state index contributed by atoms with van der Waals surface area (Å²) in [7, 11) is 1.46. The Bertz CT molecular complexity index is 570. The molecule has 0 aliphatic rings. The molecule has 0 unspecified atom stereocenters. The van der Waals surface area contributed by atoms with Crippen LogP contribution in [0.2, 0.25) is 0 Å². The molecule has 0 spiro atoms. The lowest BCUT2D eigenvalue weighted by Crippen LogP contribution is -2.00. The van der Waals surface area contributed by atoms with Crippen molar-refractivity contribution in [2.75, 3.05) is 7.11 Å². The van der Waals surface area contributed by atoms with Gasteiger partial charge < -0.3 is 10.5 Å². The summed E-state index contributed by atoms with van der Waals surface area (Å²) < 4.78 is 32.1. The topological polar surface area (TPSA) is 35.2 Å². The Morgan fingerprint density at radius 2 is 1.83 bits per heavy atom. The van der Waals surface area contributed by atoms with E-state index in [-0.39, 0.29) is 6.54 Å². The quantitative estimate of drug-likeness (QED) is 0.907. The maximum absolute atomic E-state index is 13.9. The lowest BCUT2D eigenvalue weighted by molar-refractivity contribution is 0.411. The second kappa shape index (κ2) is 5.14. The van der Waals surface area contributed by atoms with Gasteiger partial charge in [-0.1, -0.05) is 6.07 Å². The molecule has 4 heteroatoms. The summed E-state index contributed by atoms with van der Waals surface area (Å²) in [5, 5.41) is 0. The highest BCUT2D eigenvalue weighted by Crippen LogP contribution is 2.29. The Morgan fingerprint density at radius 3 is 2.44 bits per heavy atom. The normalized spacial score (nSPS) is 10.4. The number of hydrogen-bond acceptors (Lipinski definition) is 2. The van der Waals surface area contributed by atoms with Gasteiger partial charge in [0.05, 0.1) is 7.11 Å². The van der Waals surface area contributed by atoms with Crippen molar-refractivity contribution in [3.05, 3.63) is 53.6 Å². The van der Waals surface area contributed by atoms with Gasteiger partial charge in [0.1, 0.15) is 17.4 Å². The first-order chi connectivity index (χ1) is 8.65. The summed E-state index contributed by atoms with van der Waals surface area (Å²) in [4.78, 5) is 0. The smallest absolute Gasteiger partial charge is 0.134 e. The van der Waals surface area contributed by atoms with Crippen LogP contribution in [0.15, 0.2) is 36.4 Å². The molecule has 2 nitrogen and oxygen atoms in total. The highest BCUT2D eigenvalue weighted by Gasteiger charge is 2.11. The summed E-state index contributed by atoms with van der Waals surface area (Å²) in [6.45, 7) is 0.223. The van der Waals surface area contributed by atoms with E-state index in [0.29, 0.717) is 22.4 Å². The molecule has 0 atom stereocenters. The number of nitrogens with two attached hydrogens (primary N) is 1. The maximum atomic E-state index is 13.9. The number of hydrogen-bond donors (Lipinski definition) is 1. The molecule has 2 aromatic carbocycles. The van der Waals surface area contributed by atoms with E-state index < -0.39 is 11.6 Å². The lowest BCUT2D eigenvalue weighted by atomic mass is 9.99. The van der Waals surface area contributed by atoms with Gasteiger partial charge >= 0.3 is 0 Å². The summed E-state index contributed by atoms with van der Waals surface area (Å²) in [6.07, 6.45) is 0. The van der Waals surface area contributed by atoms with E-state index in [9.17, 15) is 8.78 Å². The minimum absolute atomic E-state index is 0.223. The van der Waals surface area contributed by atoms with Gasteiger partial charge in [-0.05, 0) is 35.4 Å². The zero-order valence-electron chi connectivity index (χ0n) is 9.91. The van der Waals surface area contributed by atoms with Crippen LogP contribution < -0.4 is 10.5 Å². The van der Waals surface area contributed by atoms with Gasteiger partial charge in [-0.25, -0.2) is 8.78 Å². The Morgan fingerprint density at radius 1 is 1.06 bits per heavy atom. The summed E-state index contributed by atoms with van der Waals surface area (Å²) in [6, 6.07) is 8.61. The van der Waals surface area contributed by atoms with Crippen LogP contribution in [-0.2, 0) is 6.54 Å². The second-order valence-corrected chi connectivity index (χ2v) is 3.85. The van der Waals surface area contributed by atoms with Crippen LogP contribution >= 0.6 is 0 Å². The number of ether oxygens (including phenoxy) is 1. The van der Waals surface area contributed by atoms with Crippen molar-refractivity contribution in [2.45, 2.75) is 6.54 Å². The highest BCUT2D eigenvalue weighted by molar-refractivity contribution is 5.68. The Labute approximate surface area is 104 Å². The van der Waals surface area contributed by atoms with Gasteiger partial charge in [0.15, 0.2) is 0 Å². The highest BCUT2D eigenvalue weighted by atomic mass is 19.1. The minimum Gasteiger partial charge on any atom is -0.497 e. The van der Waals surface area contributed by atoms with Crippen molar-refractivity contribution in [3.63, 3.8) is 0 Å². The molecule has 0 aromatic heterocycles. The van der Waals surface area contributed by atoms with Crippen LogP contribution in [0.25, 0.3) is 11.1 Å². The molecule has 2 N–H and O–H groups in total.